The molecule has 0 saturated heterocycles. The molecule has 0 aliphatic carbocycles. The van der Waals surface area contributed by atoms with Crippen LogP contribution in [0.25, 0.3) is 0 Å². The van der Waals surface area contributed by atoms with E-state index in [0.717, 1.165) is 17.5 Å². The summed E-state index contributed by atoms with van der Waals surface area (Å²) in [6.07, 6.45) is 4.09. The Hall–Kier alpha value is -1.78. The van der Waals surface area contributed by atoms with Gasteiger partial charge in [0.25, 0.3) is 5.91 Å². The van der Waals surface area contributed by atoms with E-state index in [1.807, 2.05) is 30.3 Å². The molecule has 0 bridgehead atoms. The first kappa shape index (κ1) is 16.3. The van der Waals surface area contributed by atoms with Crippen LogP contribution < -0.4 is 5.73 Å². The van der Waals surface area contributed by atoms with E-state index in [2.05, 4.69) is 0 Å². The van der Waals surface area contributed by atoms with Gasteiger partial charge in [-0.05, 0) is 36.7 Å². The minimum absolute atomic E-state index is 0. The van der Waals surface area contributed by atoms with Gasteiger partial charge in [-0.2, -0.15) is 0 Å². The summed E-state index contributed by atoms with van der Waals surface area (Å²) in [6, 6.07) is 9.45. The van der Waals surface area contributed by atoms with E-state index >= 15 is 0 Å². The van der Waals surface area contributed by atoms with Gasteiger partial charge in [0, 0.05) is 24.7 Å². The second-order valence-electron chi connectivity index (χ2n) is 4.53. The second-order valence-corrected chi connectivity index (χ2v) is 4.53. The minimum atomic E-state index is 0. The SMILES string of the molecule is CN(Cc1ccoc1)C(=O)c1ccc(CCN)cc1.Cl. The first-order valence-corrected chi connectivity index (χ1v) is 6.26. The molecular weight excluding hydrogens is 276 g/mol. The van der Waals surface area contributed by atoms with Crippen LogP contribution in [0.1, 0.15) is 21.5 Å². The lowest BCUT2D eigenvalue weighted by Gasteiger charge is -2.16. The second kappa shape index (κ2) is 7.72. The van der Waals surface area contributed by atoms with Crippen LogP contribution in [0.5, 0.6) is 0 Å². The van der Waals surface area contributed by atoms with Crippen molar-refractivity contribution < 1.29 is 9.21 Å². The summed E-state index contributed by atoms with van der Waals surface area (Å²) in [4.78, 5) is 13.9. The molecule has 2 N–H and O–H groups in total. The highest BCUT2D eigenvalue weighted by Crippen LogP contribution is 2.10. The molecule has 0 atom stereocenters. The summed E-state index contributed by atoms with van der Waals surface area (Å²) in [6.45, 7) is 1.16. The van der Waals surface area contributed by atoms with E-state index in [4.69, 9.17) is 10.2 Å². The number of amides is 1. The maximum absolute atomic E-state index is 12.2. The maximum atomic E-state index is 12.2. The number of hydrogen-bond acceptors (Lipinski definition) is 3. The van der Waals surface area contributed by atoms with Crippen LogP contribution in [0.2, 0.25) is 0 Å². The van der Waals surface area contributed by atoms with Crippen molar-refractivity contribution in [2.24, 2.45) is 5.73 Å². The Morgan fingerprint density at radius 1 is 1.20 bits per heavy atom. The highest BCUT2D eigenvalue weighted by molar-refractivity contribution is 5.94. The highest BCUT2D eigenvalue weighted by atomic mass is 35.5. The number of nitrogens with two attached hydrogens (primary N) is 1. The lowest BCUT2D eigenvalue weighted by atomic mass is 10.1. The van der Waals surface area contributed by atoms with Gasteiger partial charge in [0.2, 0.25) is 0 Å². The van der Waals surface area contributed by atoms with Crippen LogP contribution in [0.4, 0.5) is 0 Å². The Bertz CT molecular complexity index is 523. The Morgan fingerprint density at radius 3 is 2.45 bits per heavy atom. The molecule has 5 heteroatoms. The van der Waals surface area contributed by atoms with Crippen molar-refractivity contribution in [2.45, 2.75) is 13.0 Å². The van der Waals surface area contributed by atoms with Gasteiger partial charge in [0.05, 0.1) is 12.5 Å². The number of benzene rings is 1. The average molecular weight is 295 g/mol. The Balaban J connectivity index is 0.00000200. The van der Waals surface area contributed by atoms with Crippen molar-refractivity contribution in [3.63, 3.8) is 0 Å². The lowest BCUT2D eigenvalue weighted by Crippen LogP contribution is -2.25. The maximum Gasteiger partial charge on any atom is 0.253 e. The zero-order valence-corrected chi connectivity index (χ0v) is 12.2. The summed E-state index contributed by atoms with van der Waals surface area (Å²) < 4.78 is 4.99. The first-order valence-electron chi connectivity index (χ1n) is 6.26. The summed E-state index contributed by atoms with van der Waals surface area (Å²) in [5.74, 6) is 0.000462. The molecule has 2 rings (SSSR count). The van der Waals surface area contributed by atoms with Gasteiger partial charge in [-0.25, -0.2) is 0 Å². The Kier molecular flexibility index (Phi) is 6.28. The Morgan fingerprint density at radius 2 is 1.90 bits per heavy atom. The average Bonchev–Trinajstić information content (AvgIpc) is 2.92. The predicted molar refractivity (Wildman–Crippen MR) is 81.0 cm³/mol. The third kappa shape index (κ3) is 4.11. The number of carbonyl (C=O) groups excluding carboxylic acids is 1. The van der Waals surface area contributed by atoms with Crippen molar-refractivity contribution in [2.75, 3.05) is 13.6 Å². The topological polar surface area (TPSA) is 59.5 Å². The number of carbonyl (C=O) groups is 1. The smallest absolute Gasteiger partial charge is 0.253 e. The van der Waals surface area contributed by atoms with Gasteiger partial charge in [0.15, 0.2) is 0 Å². The zero-order valence-electron chi connectivity index (χ0n) is 11.4. The summed E-state index contributed by atoms with van der Waals surface area (Å²) in [5.41, 5.74) is 8.32. The standard InChI is InChI=1S/C15H18N2O2.ClH/c1-17(10-13-7-9-19-11-13)15(18)14-4-2-12(3-5-14)6-8-16;/h2-5,7,9,11H,6,8,10,16H2,1H3;1H. The van der Waals surface area contributed by atoms with Crippen molar-refractivity contribution in [1.29, 1.82) is 0 Å². The van der Waals surface area contributed by atoms with Gasteiger partial charge in [-0.15, -0.1) is 12.4 Å². The van der Waals surface area contributed by atoms with E-state index in [1.165, 1.54) is 0 Å². The fourth-order valence-corrected chi connectivity index (χ4v) is 1.93. The summed E-state index contributed by atoms with van der Waals surface area (Å²) >= 11 is 0. The quantitative estimate of drug-likeness (QED) is 0.921. The van der Waals surface area contributed by atoms with Crippen molar-refractivity contribution in [3.05, 3.63) is 59.5 Å². The number of nitrogens with zero attached hydrogens (tertiary/aromatic N) is 1. The van der Waals surface area contributed by atoms with Crippen LogP contribution >= 0.6 is 12.4 Å². The van der Waals surface area contributed by atoms with Crippen molar-refractivity contribution >= 4 is 18.3 Å². The number of rotatable bonds is 5. The monoisotopic (exact) mass is 294 g/mol. The zero-order chi connectivity index (χ0) is 13.7. The molecule has 20 heavy (non-hydrogen) atoms. The largest absolute Gasteiger partial charge is 0.472 e. The molecular formula is C15H19ClN2O2. The number of furan rings is 1. The first-order chi connectivity index (χ1) is 9.20. The van der Waals surface area contributed by atoms with E-state index in [9.17, 15) is 4.79 Å². The number of hydrogen-bond donors (Lipinski definition) is 1. The molecule has 0 saturated carbocycles. The van der Waals surface area contributed by atoms with Crippen LogP contribution in [0.15, 0.2) is 47.3 Å². The van der Waals surface area contributed by atoms with Crippen molar-refractivity contribution in [1.82, 2.24) is 4.90 Å². The normalized spacial score (nSPS) is 9.90. The molecule has 1 amide bonds. The van der Waals surface area contributed by atoms with Gasteiger partial charge in [-0.3, -0.25) is 4.79 Å². The fraction of sp³-hybridized carbons (Fsp3) is 0.267. The Labute approximate surface area is 125 Å². The lowest BCUT2D eigenvalue weighted by molar-refractivity contribution is 0.0785. The molecule has 4 nitrogen and oxygen atoms in total. The molecule has 1 heterocycles. The molecule has 0 radical (unpaired) electrons. The molecule has 0 aliphatic heterocycles. The molecule has 2 aromatic rings. The molecule has 0 fully saturated rings. The third-order valence-corrected chi connectivity index (χ3v) is 2.98. The van der Waals surface area contributed by atoms with Gasteiger partial charge in [-0.1, -0.05) is 12.1 Å². The van der Waals surface area contributed by atoms with Crippen molar-refractivity contribution in [3.8, 4) is 0 Å². The predicted octanol–water partition coefficient (Wildman–Crippen LogP) is 2.47. The van der Waals surface area contributed by atoms with Crippen LogP contribution in [0, 0.1) is 0 Å². The third-order valence-electron chi connectivity index (χ3n) is 2.98. The van der Waals surface area contributed by atoms with E-state index < -0.39 is 0 Å². The molecule has 0 aliphatic rings. The van der Waals surface area contributed by atoms with E-state index in [0.29, 0.717) is 18.7 Å². The molecule has 0 spiro atoms. The molecule has 0 unspecified atom stereocenters. The summed E-state index contributed by atoms with van der Waals surface area (Å²) in [5, 5.41) is 0. The number of halogens is 1. The van der Waals surface area contributed by atoms with Crippen LogP contribution in [-0.4, -0.2) is 24.4 Å². The molecule has 1 aromatic heterocycles. The van der Waals surface area contributed by atoms with Crippen LogP contribution in [0.3, 0.4) is 0 Å². The van der Waals surface area contributed by atoms with E-state index in [-0.39, 0.29) is 18.3 Å². The van der Waals surface area contributed by atoms with Gasteiger partial charge >= 0.3 is 0 Å². The van der Waals surface area contributed by atoms with Crippen LogP contribution in [-0.2, 0) is 13.0 Å². The van der Waals surface area contributed by atoms with Gasteiger partial charge in [0.1, 0.15) is 0 Å². The fourth-order valence-electron chi connectivity index (χ4n) is 1.93. The minimum Gasteiger partial charge on any atom is -0.472 e. The highest BCUT2D eigenvalue weighted by Gasteiger charge is 2.12. The van der Waals surface area contributed by atoms with Gasteiger partial charge < -0.3 is 15.1 Å². The van der Waals surface area contributed by atoms with E-state index in [1.54, 1.807) is 24.5 Å². The molecule has 108 valence electrons. The summed E-state index contributed by atoms with van der Waals surface area (Å²) in [7, 11) is 1.78. The molecule has 1 aromatic carbocycles.